The second-order valence-electron chi connectivity index (χ2n) is 5.65. The molecule has 1 aliphatic rings. The second kappa shape index (κ2) is 6.83. The molecule has 0 amide bonds. The summed E-state index contributed by atoms with van der Waals surface area (Å²) in [6, 6.07) is 5.96. The number of piperidine rings is 1. The van der Waals surface area contributed by atoms with E-state index in [1.165, 1.54) is 6.42 Å². The summed E-state index contributed by atoms with van der Waals surface area (Å²) in [6.07, 6.45) is 5.94. The van der Waals surface area contributed by atoms with Crippen molar-refractivity contribution in [1.29, 1.82) is 0 Å². The fraction of sp³-hybridized carbons (Fsp3) is 0.500. The molecule has 0 aromatic carbocycles. The summed E-state index contributed by atoms with van der Waals surface area (Å²) in [5, 5.41) is 13.8. The Labute approximate surface area is 125 Å². The summed E-state index contributed by atoms with van der Waals surface area (Å²) in [5.41, 5.74) is 0.923. The molecule has 1 atom stereocenters. The van der Waals surface area contributed by atoms with E-state index in [-0.39, 0.29) is 0 Å². The fourth-order valence-electron chi connectivity index (χ4n) is 2.97. The average molecular weight is 286 g/mol. The van der Waals surface area contributed by atoms with Gasteiger partial charge in [-0.15, -0.1) is 0 Å². The number of nitrogens with one attached hydrogen (secondary N) is 1. The topological polar surface area (TPSA) is 61.3 Å². The maximum Gasteiger partial charge on any atom is 0.152 e. The highest BCUT2D eigenvalue weighted by Crippen LogP contribution is 2.18. The summed E-state index contributed by atoms with van der Waals surface area (Å²) >= 11 is 0. The molecule has 2 N–H and O–H groups in total. The standard InChI is InChI=1S/C16H22N4O/c21-12-13-3-2-9-20(11-13)10-8-19-16-15-14(5-7-18-16)4-1-6-17-15/h1,4-7,13,21H,2-3,8-12H2,(H,18,19)/t13-/m0/s1. The number of nitrogens with zero attached hydrogens (tertiary/aromatic N) is 3. The van der Waals surface area contributed by atoms with Crippen LogP contribution in [0.2, 0.25) is 0 Å². The molecule has 0 radical (unpaired) electrons. The van der Waals surface area contributed by atoms with Crippen molar-refractivity contribution in [3.05, 3.63) is 30.6 Å². The van der Waals surface area contributed by atoms with E-state index in [1.54, 1.807) is 6.20 Å². The molecule has 0 aliphatic carbocycles. The lowest BCUT2D eigenvalue weighted by molar-refractivity contribution is 0.123. The van der Waals surface area contributed by atoms with Gasteiger partial charge in [-0.05, 0) is 37.4 Å². The normalized spacial score (nSPS) is 19.8. The number of rotatable bonds is 5. The minimum Gasteiger partial charge on any atom is -0.396 e. The Morgan fingerprint density at radius 2 is 2.24 bits per heavy atom. The van der Waals surface area contributed by atoms with Crippen molar-refractivity contribution < 1.29 is 5.11 Å². The molecule has 0 spiro atoms. The number of hydrogen-bond acceptors (Lipinski definition) is 5. The average Bonchev–Trinajstić information content (AvgIpc) is 2.55. The lowest BCUT2D eigenvalue weighted by Crippen LogP contribution is -2.39. The van der Waals surface area contributed by atoms with Gasteiger partial charge >= 0.3 is 0 Å². The molecule has 1 fully saturated rings. The van der Waals surface area contributed by atoms with Gasteiger partial charge in [-0.3, -0.25) is 4.98 Å². The summed E-state index contributed by atoms with van der Waals surface area (Å²) in [7, 11) is 0. The van der Waals surface area contributed by atoms with Crippen molar-refractivity contribution >= 4 is 16.7 Å². The monoisotopic (exact) mass is 286 g/mol. The molecular formula is C16H22N4O. The van der Waals surface area contributed by atoms with Crippen LogP contribution in [0.3, 0.4) is 0 Å². The van der Waals surface area contributed by atoms with E-state index in [1.807, 2.05) is 24.4 Å². The van der Waals surface area contributed by atoms with Crippen LogP contribution in [0.4, 0.5) is 5.82 Å². The van der Waals surface area contributed by atoms with Crippen LogP contribution >= 0.6 is 0 Å². The molecule has 0 bridgehead atoms. The molecule has 21 heavy (non-hydrogen) atoms. The van der Waals surface area contributed by atoms with Gasteiger partial charge < -0.3 is 15.3 Å². The van der Waals surface area contributed by atoms with Crippen LogP contribution < -0.4 is 5.32 Å². The number of aliphatic hydroxyl groups is 1. The zero-order chi connectivity index (χ0) is 14.5. The number of hydrogen-bond donors (Lipinski definition) is 2. The number of pyridine rings is 2. The van der Waals surface area contributed by atoms with E-state index < -0.39 is 0 Å². The highest BCUT2D eigenvalue weighted by atomic mass is 16.3. The third kappa shape index (κ3) is 3.49. The van der Waals surface area contributed by atoms with Crippen molar-refractivity contribution in [3.63, 3.8) is 0 Å². The minimum atomic E-state index is 0.304. The number of aromatic nitrogens is 2. The van der Waals surface area contributed by atoms with Gasteiger partial charge in [-0.2, -0.15) is 0 Å². The first-order valence-corrected chi connectivity index (χ1v) is 7.63. The van der Waals surface area contributed by atoms with E-state index in [2.05, 4.69) is 20.2 Å². The van der Waals surface area contributed by atoms with Gasteiger partial charge in [-0.1, -0.05) is 6.07 Å². The van der Waals surface area contributed by atoms with Gasteiger partial charge in [-0.25, -0.2) is 4.98 Å². The zero-order valence-corrected chi connectivity index (χ0v) is 12.2. The molecule has 3 rings (SSSR count). The number of aliphatic hydroxyl groups excluding tert-OH is 1. The van der Waals surface area contributed by atoms with Crippen LogP contribution in [0, 0.1) is 5.92 Å². The van der Waals surface area contributed by atoms with Crippen molar-refractivity contribution in [2.45, 2.75) is 12.8 Å². The summed E-state index contributed by atoms with van der Waals surface area (Å²) in [4.78, 5) is 11.2. The summed E-state index contributed by atoms with van der Waals surface area (Å²) in [6.45, 7) is 4.25. The van der Waals surface area contributed by atoms with Crippen LogP contribution in [-0.4, -0.2) is 52.8 Å². The van der Waals surface area contributed by atoms with Crippen LogP contribution in [0.15, 0.2) is 30.6 Å². The van der Waals surface area contributed by atoms with E-state index in [0.717, 1.165) is 49.3 Å². The summed E-state index contributed by atoms with van der Waals surface area (Å²) < 4.78 is 0. The van der Waals surface area contributed by atoms with Crippen molar-refractivity contribution in [1.82, 2.24) is 14.9 Å². The first-order valence-electron chi connectivity index (χ1n) is 7.63. The predicted octanol–water partition coefficient (Wildman–Crippen LogP) is 1.75. The van der Waals surface area contributed by atoms with Gasteiger partial charge in [0.25, 0.3) is 0 Å². The molecule has 1 saturated heterocycles. The number of anilines is 1. The van der Waals surface area contributed by atoms with E-state index in [0.29, 0.717) is 12.5 Å². The van der Waals surface area contributed by atoms with Gasteiger partial charge in [0.2, 0.25) is 0 Å². The highest BCUT2D eigenvalue weighted by molar-refractivity contribution is 5.87. The van der Waals surface area contributed by atoms with E-state index >= 15 is 0 Å². The van der Waals surface area contributed by atoms with Gasteiger partial charge in [0.15, 0.2) is 5.82 Å². The van der Waals surface area contributed by atoms with Crippen molar-refractivity contribution in [3.8, 4) is 0 Å². The van der Waals surface area contributed by atoms with Gasteiger partial charge in [0.05, 0.1) is 0 Å². The first-order chi connectivity index (χ1) is 10.4. The van der Waals surface area contributed by atoms with Crippen LogP contribution in [-0.2, 0) is 0 Å². The summed E-state index contributed by atoms with van der Waals surface area (Å²) in [5.74, 6) is 1.29. The fourth-order valence-corrected chi connectivity index (χ4v) is 2.97. The Hall–Kier alpha value is -1.72. The van der Waals surface area contributed by atoms with Gasteiger partial charge in [0.1, 0.15) is 5.52 Å². The molecule has 112 valence electrons. The Kier molecular flexibility index (Phi) is 4.62. The van der Waals surface area contributed by atoms with Crippen LogP contribution in [0.1, 0.15) is 12.8 Å². The molecule has 2 aromatic rings. The molecule has 5 nitrogen and oxygen atoms in total. The van der Waals surface area contributed by atoms with E-state index in [9.17, 15) is 5.11 Å². The SMILES string of the molecule is OC[C@H]1CCCN(CCNc2nccc3cccnc23)C1. The molecule has 5 heteroatoms. The smallest absolute Gasteiger partial charge is 0.152 e. The predicted molar refractivity (Wildman–Crippen MR) is 84.3 cm³/mol. The van der Waals surface area contributed by atoms with Crippen LogP contribution in [0.25, 0.3) is 10.9 Å². The largest absolute Gasteiger partial charge is 0.396 e. The minimum absolute atomic E-state index is 0.304. The Balaban J connectivity index is 1.57. The Morgan fingerprint density at radius 1 is 1.29 bits per heavy atom. The van der Waals surface area contributed by atoms with Crippen molar-refractivity contribution in [2.24, 2.45) is 5.92 Å². The lowest BCUT2D eigenvalue weighted by atomic mass is 9.99. The lowest BCUT2D eigenvalue weighted by Gasteiger charge is -2.31. The molecule has 0 unspecified atom stereocenters. The van der Waals surface area contributed by atoms with Crippen molar-refractivity contribution in [2.75, 3.05) is 38.1 Å². The second-order valence-corrected chi connectivity index (χ2v) is 5.65. The third-order valence-electron chi connectivity index (χ3n) is 4.10. The molecule has 0 saturated carbocycles. The number of fused-ring (bicyclic) bond motifs is 1. The highest BCUT2D eigenvalue weighted by Gasteiger charge is 2.18. The first kappa shape index (κ1) is 14.2. The van der Waals surface area contributed by atoms with E-state index in [4.69, 9.17) is 0 Å². The Morgan fingerprint density at radius 3 is 3.14 bits per heavy atom. The molecule has 2 aromatic heterocycles. The maximum absolute atomic E-state index is 9.27. The third-order valence-corrected chi connectivity index (χ3v) is 4.10. The maximum atomic E-state index is 9.27. The molecular weight excluding hydrogens is 264 g/mol. The molecule has 1 aliphatic heterocycles. The molecule has 3 heterocycles. The Bertz CT molecular complexity index is 584. The quantitative estimate of drug-likeness (QED) is 0.877. The van der Waals surface area contributed by atoms with Crippen LogP contribution in [0.5, 0.6) is 0 Å². The number of likely N-dealkylation sites (tertiary alicyclic amines) is 1. The zero-order valence-electron chi connectivity index (χ0n) is 12.2. The van der Waals surface area contributed by atoms with Gasteiger partial charge in [0, 0.05) is 44.0 Å².